The number of β-lactam (4-membered cyclic amide) rings is 1. The summed E-state index contributed by atoms with van der Waals surface area (Å²) >= 11 is 2.47. The third-order valence-electron chi connectivity index (χ3n) is 9.43. The zero-order valence-corrected chi connectivity index (χ0v) is 33.9. The molecule has 0 saturated carbocycles. The van der Waals surface area contributed by atoms with Gasteiger partial charge < -0.3 is 25.4 Å². The van der Waals surface area contributed by atoms with E-state index in [1.165, 1.54) is 16.7 Å². The van der Waals surface area contributed by atoms with Crippen LogP contribution >= 0.6 is 23.1 Å². The molecule has 2 aromatic heterocycles. The van der Waals surface area contributed by atoms with E-state index in [4.69, 9.17) is 20.0 Å². The number of pyridine rings is 1. The molecule has 1 fully saturated rings. The van der Waals surface area contributed by atoms with Gasteiger partial charge in [0.1, 0.15) is 22.8 Å². The van der Waals surface area contributed by atoms with Gasteiger partial charge in [-0.15, -0.1) is 23.1 Å². The molecule has 3 N–H and O–H groups in total. The highest BCUT2D eigenvalue weighted by molar-refractivity contribution is 8.00. The fourth-order valence-electron chi connectivity index (χ4n) is 6.45. The molecule has 0 radical (unpaired) electrons. The van der Waals surface area contributed by atoms with Gasteiger partial charge in [0.25, 0.3) is 11.8 Å². The molecule has 2 aliphatic rings. The molecule has 2 aliphatic heterocycles. The van der Waals surface area contributed by atoms with Crippen molar-refractivity contribution >= 4 is 63.8 Å². The number of benzene rings is 3. The second kappa shape index (κ2) is 17.5. The van der Waals surface area contributed by atoms with Crippen LogP contribution < -0.4 is 11.1 Å². The average Bonchev–Trinajstić information content (AvgIpc) is 3.69. The van der Waals surface area contributed by atoms with Gasteiger partial charge in [0.05, 0.1) is 5.41 Å². The number of esters is 2. The summed E-state index contributed by atoms with van der Waals surface area (Å²) in [6.07, 6.45) is 6.78. The van der Waals surface area contributed by atoms with E-state index in [9.17, 15) is 19.2 Å². The van der Waals surface area contributed by atoms with Crippen LogP contribution in [0.3, 0.4) is 0 Å². The molecule has 0 unspecified atom stereocenters. The van der Waals surface area contributed by atoms with Gasteiger partial charge in [-0.1, -0.05) is 114 Å². The zero-order chi connectivity index (χ0) is 41.6. The van der Waals surface area contributed by atoms with Gasteiger partial charge >= 0.3 is 11.9 Å². The topological polar surface area (TPSA) is 175 Å². The Kier molecular flexibility index (Phi) is 12.0. The molecule has 13 nitrogen and oxygen atoms in total. The van der Waals surface area contributed by atoms with Crippen molar-refractivity contribution in [3.8, 4) is 0 Å². The Morgan fingerprint density at radius 1 is 0.898 bits per heavy atom. The van der Waals surface area contributed by atoms with Gasteiger partial charge in [-0.25, -0.2) is 9.78 Å². The molecule has 0 spiro atoms. The van der Waals surface area contributed by atoms with Gasteiger partial charge in [-0.2, -0.15) is 0 Å². The molecule has 0 aliphatic carbocycles. The van der Waals surface area contributed by atoms with E-state index >= 15 is 0 Å². The summed E-state index contributed by atoms with van der Waals surface area (Å²) < 4.78 is 10.6. The number of nitrogens with one attached hydrogen (secondary N) is 1. The number of rotatable bonds is 13. The minimum absolute atomic E-state index is 0.0286. The second-order valence-corrected chi connectivity index (χ2v) is 16.5. The normalized spacial score (nSPS) is 16.9. The van der Waals surface area contributed by atoms with Crippen LogP contribution in [-0.4, -0.2) is 68.3 Å². The van der Waals surface area contributed by atoms with Gasteiger partial charge in [-0.05, 0) is 38.0 Å². The number of fused-ring (bicyclic) bond motifs is 1. The van der Waals surface area contributed by atoms with Crippen LogP contribution in [0.2, 0.25) is 0 Å². The summed E-state index contributed by atoms with van der Waals surface area (Å²) in [5, 5.41) is 8.46. The quantitative estimate of drug-likeness (QED) is 0.0341. The van der Waals surface area contributed by atoms with Crippen molar-refractivity contribution in [2.75, 3.05) is 18.3 Å². The van der Waals surface area contributed by atoms with Gasteiger partial charge in [-0.3, -0.25) is 24.3 Å². The smallest absolute Gasteiger partial charge is 0.358 e. The fourth-order valence-corrected chi connectivity index (χ4v) is 8.32. The number of aromatic nitrogens is 2. The number of carbonyl (C=O) groups excluding carboxylic acids is 4. The maximum Gasteiger partial charge on any atom is 0.358 e. The number of nitrogens with zero attached hydrogens (tertiary/aromatic N) is 4. The molecule has 1 saturated heterocycles. The second-order valence-electron chi connectivity index (χ2n) is 14.5. The lowest BCUT2D eigenvalue weighted by Gasteiger charge is -2.49. The highest BCUT2D eigenvalue weighted by atomic mass is 32.2. The van der Waals surface area contributed by atoms with Crippen LogP contribution in [0.1, 0.15) is 48.7 Å². The summed E-state index contributed by atoms with van der Waals surface area (Å²) in [7, 11) is 0. The van der Waals surface area contributed by atoms with E-state index in [1.54, 1.807) is 56.8 Å². The first-order valence-electron chi connectivity index (χ1n) is 18.5. The van der Waals surface area contributed by atoms with E-state index in [0.717, 1.165) is 33.6 Å². The molecular formula is C44H40N6O7S2. The van der Waals surface area contributed by atoms with Crippen molar-refractivity contribution in [1.82, 2.24) is 20.2 Å². The number of nitrogen functional groups attached to an aromatic ring is 1. The van der Waals surface area contributed by atoms with Crippen molar-refractivity contribution in [1.29, 1.82) is 0 Å². The van der Waals surface area contributed by atoms with Crippen molar-refractivity contribution < 1.29 is 33.5 Å². The predicted octanol–water partition coefficient (Wildman–Crippen LogP) is 6.29. The lowest BCUT2D eigenvalue weighted by molar-refractivity contribution is -0.173. The number of amides is 2. The van der Waals surface area contributed by atoms with Crippen LogP contribution in [0.25, 0.3) is 6.08 Å². The average molecular weight is 829 g/mol. The number of nitrogens with two attached hydrogens (primary N) is 1. The molecule has 3 aromatic carbocycles. The van der Waals surface area contributed by atoms with E-state index in [0.29, 0.717) is 5.57 Å². The predicted molar refractivity (Wildman–Crippen MR) is 225 cm³/mol. The molecule has 4 heterocycles. The maximum atomic E-state index is 14.4. The van der Waals surface area contributed by atoms with Crippen LogP contribution in [0.15, 0.2) is 143 Å². The molecule has 7 rings (SSSR count). The van der Waals surface area contributed by atoms with Crippen molar-refractivity contribution in [3.05, 3.63) is 166 Å². The molecule has 2 atom stereocenters. The summed E-state index contributed by atoms with van der Waals surface area (Å²) in [5.41, 5.74) is 7.30. The van der Waals surface area contributed by atoms with E-state index < -0.39 is 53.0 Å². The number of oxime groups is 1. The van der Waals surface area contributed by atoms with Crippen LogP contribution in [0.4, 0.5) is 5.13 Å². The first-order chi connectivity index (χ1) is 28.5. The van der Waals surface area contributed by atoms with Crippen molar-refractivity contribution in [2.45, 2.75) is 37.8 Å². The summed E-state index contributed by atoms with van der Waals surface area (Å²) in [4.78, 5) is 70.9. The van der Waals surface area contributed by atoms with Gasteiger partial charge in [0.2, 0.25) is 12.4 Å². The third-order valence-corrected chi connectivity index (χ3v) is 11.4. The molecule has 5 aromatic rings. The molecule has 300 valence electrons. The monoisotopic (exact) mass is 828 g/mol. The Balaban J connectivity index is 1.20. The molecular weight excluding hydrogens is 789 g/mol. The Morgan fingerprint density at radius 3 is 2.07 bits per heavy atom. The van der Waals surface area contributed by atoms with E-state index in [-0.39, 0.29) is 28.0 Å². The number of hydrogen-bond donors (Lipinski definition) is 2. The number of thiazole rings is 1. The highest BCUT2D eigenvalue weighted by Crippen LogP contribution is 2.43. The standard InChI is InChI=1S/C44H40N6O7S2/c1-43(2,3)41(54)56-27-55-40(53)36-29(22-21-28-14-13-23-46-24-28)25-58-39-35(38(52)50(36)39)48-37(51)34(33-26-59-42(45)47-33)49-57-44(30-15-7-4-8-16-30,31-17-9-5-10-18-31)32-19-11-6-12-20-32/h4-24,26,35,39H,25,27H2,1-3H3,(H2,45,47)(H,48,51)/b22-21+,49-34+/t35-,39-/m1/s1. The third kappa shape index (κ3) is 8.66. The number of ether oxygens (including phenoxy) is 2. The molecule has 59 heavy (non-hydrogen) atoms. The van der Waals surface area contributed by atoms with Gasteiger partial charge in [0, 0.05) is 40.2 Å². The largest absolute Gasteiger partial charge is 0.427 e. The lowest BCUT2D eigenvalue weighted by atomic mass is 9.80. The Bertz CT molecular complexity index is 2320. The van der Waals surface area contributed by atoms with E-state index in [1.807, 2.05) is 97.1 Å². The molecule has 0 bridgehead atoms. The van der Waals surface area contributed by atoms with Crippen LogP contribution in [0, 0.1) is 5.41 Å². The van der Waals surface area contributed by atoms with Crippen molar-refractivity contribution in [3.63, 3.8) is 0 Å². The summed E-state index contributed by atoms with van der Waals surface area (Å²) in [6.45, 7) is 4.38. The zero-order valence-electron chi connectivity index (χ0n) is 32.3. The Hall–Kier alpha value is -6.58. The SMILES string of the molecule is CC(C)(C)C(=O)OCOC(=O)C1=C(/C=C/c2cccnc2)CS[C@@H]2[C@H](NC(=O)/C(=N/OC(c3ccccc3)(c3ccccc3)c3ccccc3)c3csc(N)n3)C(=O)N12. The minimum atomic E-state index is -1.32. The van der Waals surface area contributed by atoms with Crippen LogP contribution in [-0.2, 0) is 39.1 Å². The first kappa shape index (κ1) is 40.6. The minimum Gasteiger partial charge on any atom is -0.427 e. The van der Waals surface area contributed by atoms with Crippen molar-refractivity contribution in [2.24, 2.45) is 10.6 Å². The number of anilines is 1. The lowest BCUT2D eigenvalue weighted by Crippen LogP contribution is -2.71. The molecule has 2 amide bonds. The first-order valence-corrected chi connectivity index (χ1v) is 20.5. The summed E-state index contributed by atoms with van der Waals surface area (Å²) in [5.74, 6) is -2.46. The number of thioether (sulfide) groups is 1. The highest BCUT2D eigenvalue weighted by Gasteiger charge is 2.54. The maximum absolute atomic E-state index is 14.4. The number of hydrogen-bond acceptors (Lipinski definition) is 13. The molecule has 15 heteroatoms. The Labute approximate surface area is 349 Å². The van der Waals surface area contributed by atoms with Crippen LogP contribution in [0.5, 0.6) is 0 Å². The number of allylic oxidation sites excluding steroid dienone is 1. The summed E-state index contributed by atoms with van der Waals surface area (Å²) in [6, 6.07) is 31.1. The van der Waals surface area contributed by atoms with Gasteiger partial charge in [0.15, 0.2) is 10.8 Å². The Morgan fingerprint density at radius 2 is 1.53 bits per heavy atom. The number of carbonyl (C=O) groups is 4. The van der Waals surface area contributed by atoms with E-state index in [2.05, 4.69) is 20.4 Å². The fraction of sp³-hybridized carbons (Fsp3) is 0.205.